The van der Waals surface area contributed by atoms with Gasteiger partial charge in [-0.25, -0.2) is 17.9 Å². The summed E-state index contributed by atoms with van der Waals surface area (Å²) in [7, 11) is -3.69. The molecule has 0 saturated carbocycles. The molecule has 0 amide bonds. The maximum atomic E-state index is 12.1. The standard InChI is InChI=1S/C15H24N2O5S/c1-3-8-17-23(20,21)12-6-7-14(13(11-12)15(18)19)16-9-5-10-22-4-2/h6-7,11,16-17H,3-5,8-10H2,1-2H3,(H,18,19). The van der Waals surface area contributed by atoms with Gasteiger partial charge in [-0.05, 0) is 38.0 Å². The Morgan fingerprint density at radius 3 is 2.61 bits per heavy atom. The zero-order valence-corrected chi connectivity index (χ0v) is 14.3. The molecule has 0 heterocycles. The zero-order chi connectivity index (χ0) is 17.3. The van der Waals surface area contributed by atoms with E-state index in [1.54, 1.807) is 0 Å². The fourth-order valence-corrected chi connectivity index (χ4v) is 3.04. The predicted molar refractivity (Wildman–Crippen MR) is 88.5 cm³/mol. The van der Waals surface area contributed by atoms with E-state index >= 15 is 0 Å². The fraction of sp³-hybridized carbons (Fsp3) is 0.533. The van der Waals surface area contributed by atoms with Crippen LogP contribution in [0.5, 0.6) is 0 Å². The number of nitrogens with one attached hydrogen (secondary N) is 2. The molecule has 8 heteroatoms. The maximum Gasteiger partial charge on any atom is 0.337 e. The van der Waals surface area contributed by atoms with E-state index < -0.39 is 16.0 Å². The van der Waals surface area contributed by atoms with E-state index in [4.69, 9.17) is 4.74 Å². The molecular formula is C15H24N2O5S. The summed E-state index contributed by atoms with van der Waals surface area (Å²) in [6.45, 7) is 5.82. The molecule has 0 aromatic heterocycles. The lowest BCUT2D eigenvalue weighted by molar-refractivity contribution is 0.0697. The second-order valence-corrected chi connectivity index (χ2v) is 6.65. The van der Waals surface area contributed by atoms with Crippen LogP contribution in [0.2, 0.25) is 0 Å². The Morgan fingerprint density at radius 1 is 1.26 bits per heavy atom. The van der Waals surface area contributed by atoms with E-state index in [-0.39, 0.29) is 10.5 Å². The molecule has 1 aromatic carbocycles. The number of hydrogen-bond acceptors (Lipinski definition) is 5. The van der Waals surface area contributed by atoms with Gasteiger partial charge in [0.1, 0.15) is 0 Å². The van der Waals surface area contributed by atoms with Gasteiger partial charge in [0.25, 0.3) is 0 Å². The fourth-order valence-electron chi connectivity index (χ4n) is 1.88. The molecule has 0 fully saturated rings. The third kappa shape index (κ3) is 6.17. The van der Waals surface area contributed by atoms with Gasteiger partial charge in [-0.3, -0.25) is 0 Å². The molecule has 0 saturated heterocycles. The summed E-state index contributed by atoms with van der Waals surface area (Å²) in [5.41, 5.74) is 0.323. The summed E-state index contributed by atoms with van der Waals surface area (Å²) in [5, 5.41) is 12.3. The number of anilines is 1. The van der Waals surface area contributed by atoms with E-state index in [2.05, 4.69) is 10.0 Å². The second kappa shape index (κ2) is 9.49. The van der Waals surface area contributed by atoms with Crippen LogP contribution in [0.4, 0.5) is 5.69 Å². The molecule has 1 aromatic rings. The van der Waals surface area contributed by atoms with Gasteiger partial charge >= 0.3 is 5.97 Å². The lowest BCUT2D eigenvalue weighted by Gasteiger charge is -2.12. The molecule has 0 unspecified atom stereocenters. The summed E-state index contributed by atoms with van der Waals surface area (Å²) in [6.07, 6.45) is 1.38. The van der Waals surface area contributed by atoms with Crippen LogP contribution in [0.3, 0.4) is 0 Å². The molecule has 0 spiro atoms. The van der Waals surface area contributed by atoms with Gasteiger partial charge in [0.05, 0.1) is 10.5 Å². The van der Waals surface area contributed by atoms with Crippen molar-refractivity contribution in [1.29, 1.82) is 0 Å². The highest BCUT2D eigenvalue weighted by molar-refractivity contribution is 7.89. The second-order valence-electron chi connectivity index (χ2n) is 4.89. The van der Waals surface area contributed by atoms with E-state index in [0.29, 0.717) is 38.4 Å². The minimum atomic E-state index is -3.69. The first-order valence-electron chi connectivity index (χ1n) is 7.61. The van der Waals surface area contributed by atoms with Crippen LogP contribution in [0, 0.1) is 0 Å². The monoisotopic (exact) mass is 344 g/mol. The molecular weight excluding hydrogens is 320 g/mol. The topological polar surface area (TPSA) is 105 Å². The number of carboxylic acids is 1. The Labute approximate surface area is 137 Å². The third-order valence-corrected chi connectivity index (χ3v) is 4.52. The Kier molecular flexibility index (Phi) is 8.01. The van der Waals surface area contributed by atoms with Crippen LogP contribution in [0.1, 0.15) is 37.0 Å². The lowest BCUT2D eigenvalue weighted by Crippen LogP contribution is -2.24. The summed E-state index contributed by atoms with van der Waals surface area (Å²) in [4.78, 5) is 11.3. The van der Waals surface area contributed by atoms with Crippen LogP contribution in [0.25, 0.3) is 0 Å². The van der Waals surface area contributed by atoms with Gasteiger partial charge in [-0.1, -0.05) is 6.92 Å². The van der Waals surface area contributed by atoms with Gasteiger partial charge in [-0.15, -0.1) is 0 Å². The number of rotatable bonds is 11. The molecule has 0 aliphatic rings. The Morgan fingerprint density at radius 2 is 2.00 bits per heavy atom. The quantitative estimate of drug-likeness (QED) is 0.530. The van der Waals surface area contributed by atoms with Gasteiger partial charge in [0, 0.05) is 32.0 Å². The minimum absolute atomic E-state index is 0.0526. The maximum absolute atomic E-state index is 12.1. The SMILES string of the molecule is CCCNS(=O)(=O)c1ccc(NCCCOCC)c(C(=O)O)c1. The molecule has 130 valence electrons. The van der Waals surface area contributed by atoms with Gasteiger partial charge in [0.2, 0.25) is 10.0 Å². The van der Waals surface area contributed by atoms with Crippen molar-refractivity contribution in [2.24, 2.45) is 0 Å². The number of hydrogen-bond donors (Lipinski definition) is 3. The Bertz CT molecular complexity index is 616. The normalized spacial score (nSPS) is 11.4. The van der Waals surface area contributed by atoms with Crippen LogP contribution in [0.15, 0.2) is 23.1 Å². The Hall–Kier alpha value is -1.64. The van der Waals surface area contributed by atoms with Crippen molar-refractivity contribution in [1.82, 2.24) is 4.72 Å². The molecule has 3 N–H and O–H groups in total. The Balaban J connectivity index is 2.88. The van der Waals surface area contributed by atoms with Crippen LogP contribution in [-0.4, -0.2) is 45.8 Å². The first-order valence-corrected chi connectivity index (χ1v) is 9.09. The summed E-state index contributed by atoms with van der Waals surface area (Å²) < 4.78 is 31.8. The smallest absolute Gasteiger partial charge is 0.337 e. The number of sulfonamides is 1. The molecule has 0 radical (unpaired) electrons. The van der Waals surface area contributed by atoms with E-state index in [1.807, 2.05) is 13.8 Å². The van der Waals surface area contributed by atoms with Crippen molar-refractivity contribution in [3.8, 4) is 0 Å². The average Bonchev–Trinajstić information content (AvgIpc) is 2.52. The van der Waals surface area contributed by atoms with E-state index in [1.165, 1.54) is 18.2 Å². The molecule has 0 bridgehead atoms. The highest BCUT2D eigenvalue weighted by Crippen LogP contribution is 2.20. The molecule has 1 rings (SSSR count). The van der Waals surface area contributed by atoms with E-state index in [0.717, 1.165) is 6.42 Å². The van der Waals surface area contributed by atoms with Gasteiger partial charge < -0.3 is 15.2 Å². The molecule has 23 heavy (non-hydrogen) atoms. The number of benzene rings is 1. The molecule has 0 aliphatic heterocycles. The minimum Gasteiger partial charge on any atom is -0.478 e. The molecule has 7 nitrogen and oxygen atoms in total. The van der Waals surface area contributed by atoms with Crippen LogP contribution in [-0.2, 0) is 14.8 Å². The number of aromatic carboxylic acids is 1. The van der Waals surface area contributed by atoms with Gasteiger partial charge in [-0.2, -0.15) is 0 Å². The van der Waals surface area contributed by atoms with Crippen molar-refractivity contribution in [2.45, 2.75) is 31.6 Å². The molecule has 0 atom stereocenters. The van der Waals surface area contributed by atoms with Crippen LogP contribution >= 0.6 is 0 Å². The van der Waals surface area contributed by atoms with Crippen LogP contribution < -0.4 is 10.0 Å². The molecule has 0 aliphatic carbocycles. The number of carboxylic acid groups (broad SMARTS) is 1. The summed E-state index contributed by atoms with van der Waals surface area (Å²) in [5.74, 6) is -1.18. The highest BCUT2D eigenvalue weighted by Gasteiger charge is 2.18. The van der Waals surface area contributed by atoms with Crippen molar-refractivity contribution in [3.05, 3.63) is 23.8 Å². The first-order chi connectivity index (χ1) is 10.9. The van der Waals surface area contributed by atoms with Crippen molar-refractivity contribution < 1.29 is 23.1 Å². The van der Waals surface area contributed by atoms with E-state index in [9.17, 15) is 18.3 Å². The zero-order valence-electron chi connectivity index (χ0n) is 13.5. The first kappa shape index (κ1) is 19.4. The van der Waals surface area contributed by atoms with Crippen molar-refractivity contribution in [3.63, 3.8) is 0 Å². The summed E-state index contributed by atoms with van der Waals surface area (Å²) in [6, 6.07) is 4.05. The van der Waals surface area contributed by atoms with Gasteiger partial charge in [0.15, 0.2) is 0 Å². The number of carbonyl (C=O) groups is 1. The average molecular weight is 344 g/mol. The van der Waals surface area contributed by atoms with Crippen molar-refractivity contribution in [2.75, 3.05) is 31.6 Å². The highest BCUT2D eigenvalue weighted by atomic mass is 32.2. The largest absolute Gasteiger partial charge is 0.478 e. The lowest BCUT2D eigenvalue weighted by atomic mass is 10.2. The van der Waals surface area contributed by atoms with Crippen molar-refractivity contribution >= 4 is 21.7 Å². The predicted octanol–water partition coefficient (Wildman–Crippen LogP) is 1.91. The third-order valence-electron chi connectivity index (χ3n) is 3.06. The number of ether oxygens (including phenoxy) is 1. The summed E-state index contributed by atoms with van der Waals surface area (Å²) >= 11 is 0.